The van der Waals surface area contributed by atoms with Gasteiger partial charge in [-0.3, -0.25) is 9.78 Å². The monoisotopic (exact) mass is 426 g/mol. The van der Waals surface area contributed by atoms with Crippen LogP contribution in [0.3, 0.4) is 0 Å². The first-order chi connectivity index (χ1) is 14.3. The van der Waals surface area contributed by atoms with Crippen molar-refractivity contribution in [2.75, 3.05) is 23.9 Å². The Hall–Kier alpha value is -2.51. The van der Waals surface area contributed by atoms with Gasteiger partial charge in [-0.25, -0.2) is 0 Å². The highest BCUT2D eigenvalue weighted by Crippen LogP contribution is 2.35. The maximum atomic E-state index is 13.1. The number of carbonyl (C=O) groups is 1. The third-order valence-electron chi connectivity index (χ3n) is 4.47. The van der Waals surface area contributed by atoms with Gasteiger partial charge in [0.1, 0.15) is 13.2 Å². The predicted octanol–water partition coefficient (Wildman–Crippen LogP) is 4.77. The zero-order valence-electron chi connectivity index (χ0n) is 16.0. The average Bonchev–Trinajstić information content (AvgIpc) is 3.29. The van der Waals surface area contributed by atoms with E-state index in [4.69, 9.17) is 9.47 Å². The number of ether oxygens (including phenoxy) is 2. The molecule has 0 saturated carbocycles. The molecule has 0 saturated heterocycles. The Bertz CT molecular complexity index is 932. The number of amides is 1. The minimum atomic E-state index is 0.101. The number of carbonyl (C=O) groups excluding carboxylic acids is 1. The summed E-state index contributed by atoms with van der Waals surface area (Å²) in [7, 11) is 0. The molecule has 150 valence electrons. The number of pyridine rings is 1. The highest BCUT2D eigenvalue weighted by Gasteiger charge is 2.20. The summed E-state index contributed by atoms with van der Waals surface area (Å²) in [5.74, 6) is 3.09. The standard InChI is InChI=1S/C22H22N2O3S2/c25-22(8-13-28-16-17-4-1-2-9-23-17)24(15-19-5-3-12-29-19)18-6-7-20-21(14-18)27-11-10-26-20/h1-7,9,12,14H,8,10-11,13,15-16H2. The molecule has 3 aromatic rings. The van der Waals surface area contributed by atoms with Crippen LogP contribution in [0.5, 0.6) is 11.5 Å². The summed E-state index contributed by atoms with van der Waals surface area (Å²) in [6, 6.07) is 15.7. The topological polar surface area (TPSA) is 51.7 Å². The van der Waals surface area contributed by atoms with Gasteiger partial charge in [0.25, 0.3) is 0 Å². The van der Waals surface area contributed by atoms with Gasteiger partial charge >= 0.3 is 0 Å². The van der Waals surface area contributed by atoms with E-state index in [0.29, 0.717) is 31.9 Å². The van der Waals surface area contributed by atoms with Crippen molar-refractivity contribution in [3.8, 4) is 11.5 Å². The van der Waals surface area contributed by atoms with E-state index in [-0.39, 0.29) is 5.91 Å². The van der Waals surface area contributed by atoms with Crippen LogP contribution < -0.4 is 14.4 Å². The molecule has 5 nitrogen and oxygen atoms in total. The summed E-state index contributed by atoms with van der Waals surface area (Å²) < 4.78 is 11.3. The molecule has 1 aliphatic heterocycles. The molecule has 1 aromatic carbocycles. The number of benzene rings is 1. The minimum Gasteiger partial charge on any atom is -0.486 e. The maximum Gasteiger partial charge on any atom is 0.228 e. The molecule has 0 aliphatic carbocycles. The summed E-state index contributed by atoms with van der Waals surface area (Å²) in [4.78, 5) is 20.4. The second-order valence-corrected chi connectivity index (χ2v) is 8.65. The van der Waals surface area contributed by atoms with Crippen LogP contribution in [0.25, 0.3) is 0 Å². The van der Waals surface area contributed by atoms with Gasteiger partial charge < -0.3 is 14.4 Å². The van der Waals surface area contributed by atoms with Crippen LogP contribution in [-0.2, 0) is 17.1 Å². The molecular weight excluding hydrogens is 404 g/mol. The summed E-state index contributed by atoms with van der Waals surface area (Å²) in [6.07, 6.45) is 2.27. The van der Waals surface area contributed by atoms with Crippen LogP contribution in [0, 0.1) is 0 Å². The lowest BCUT2D eigenvalue weighted by Crippen LogP contribution is -2.30. The molecule has 0 bridgehead atoms. The maximum absolute atomic E-state index is 13.1. The Morgan fingerprint density at radius 1 is 1.10 bits per heavy atom. The van der Waals surface area contributed by atoms with E-state index in [1.165, 1.54) is 0 Å². The van der Waals surface area contributed by atoms with Gasteiger partial charge in [0.05, 0.1) is 12.2 Å². The second-order valence-electron chi connectivity index (χ2n) is 6.51. The van der Waals surface area contributed by atoms with E-state index in [0.717, 1.165) is 33.5 Å². The molecule has 0 unspecified atom stereocenters. The molecule has 0 spiro atoms. The van der Waals surface area contributed by atoms with E-state index in [9.17, 15) is 4.79 Å². The van der Waals surface area contributed by atoms with Crippen LogP contribution in [0.15, 0.2) is 60.1 Å². The van der Waals surface area contributed by atoms with Crippen LogP contribution in [-0.4, -0.2) is 29.9 Å². The van der Waals surface area contributed by atoms with Crippen molar-refractivity contribution in [1.29, 1.82) is 0 Å². The van der Waals surface area contributed by atoms with Gasteiger partial charge in [0.15, 0.2) is 11.5 Å². The molecule has 3 heterocycles. The lowest BCUT2D eigenvalue weighted by molar-refractivity contribution is -0.118. The summed E-state index contributed by atoms with van der Waals surface area (Å²) >= 11 is 3.38. The van der Waals surface area contributed by atoms with Crippen molar-refractivity contribution in [2.24, 2.45) is 0 Å². The number of anilines is 1. The lowest BCUT2D eigenvalue weighted by Gasteiger charge is -2.25. The van der Waals surface area contributed by atoms with Crippen molar-refractivity contribution in [3.05, 3.63) is 70.7 Å². The molecule has 1 amide bonds. The fourth-order valence-electron chi connectivity index (χ4n) is 3.04. The average molecular weight is 427 g/mol. The number of thioether (sulfide) groups is 1. The van der Waals surface area contributed by atoms with Crippen molar-refractivity contribution in [2.45, 2.75) is 18.7 Å². The lowest BCUT2D eigenvalue weighted by atomic mass is 10.2. The van der Waals surface area contributed by atoms with Crippen LogP contribution >= 0.6 is 23.1 Å². The third-order valence-corrected chi connectivity index (χ3v) is 6.32. The normalized spacial score (nSPS) is 12.6. The first kappa shape index (κ1) is 19.8. The highest BCUT2D eigenvalue weighted by atomic mass is 32.2. The van der Waals surface area contributed by atoms with Gasteiger partial charge in [0.2, 0.25) is 5.91 Å². The van der Waals surface area contributed by atoms with Crippen LogP contribution in [0.1, 0.15) is 17.0 Å². The van der Waals surface area contributed by atoms with Crippen molar-refractivity contribution in [3.63, 3.8) is 0 Å². The van der Waals surface area contributed by atoms with Gasteiger partial charge in [-0.15, -0.1) is 11.3 Å². The van der Waals surface area contributed by atoms with Crippen molar-refractivity contribution >= 4 is 34.7 Å². The number of thiophene rings is 1. The van der Waals surface area contributed by atoms with E-state index in [2.05, 4.69) is 11.1 Å². The molecule has 0 fully saturated rings. The van der Waals surface area contributed by atoms with Crippen molar-refractivity contribution < 1.29 is 14.3 Å². The predicted molar refractivity (Wildman–Crippen MR) is 118 cm³/mol. The summed E-state index contributed by atoms with van der Waals surface area (Å²) in [6.45, 7) is 1.64. The van der Waals surface area contributed by atoms with E-state index < -0.39 is 0 Å². The molecular formula is C22H22N2O3S2. The summed E-state index contributed by atoms with van der Waals surface area (Å²) in [5.41, 5.74) is 1.87. The second kappa shape index (κ2) is 9.80. The van der Waals surface area contributed by atoms with Crippen molar-refractivity contribution in [1.82, 2.24) is 4.98 Å². The smallest absolute Gasteiger partial charge is 0.228 e. The first-order valence-corrected chi connectivity index (χ1v) is 11.5. The fraction of sp³-hybridized carbons (Fsp3) is 0.273. The zero-order chi connectivity index (χ0) is 19.9. The molecule has 0 radical (unpaired) electrons. The van der Waals surface area contributed by atoms with Crippen LogP contribution in [0.4, 0.5) is 5.69 Å². The quantitative estimate of drug-likeness (QED) is 0.486. The number of fused-ring (bicyclic) bond motifs is 1. The van der Waals surface area contributed by atoms with Gasteiger partial charge in [-0.05, 0) is 35.7 Å². The Balaban J connectivity index is 1.43. The molecule has 0 atom stereocenters. The largest absolute Gasteiger partial charge is 0.486 e. The zero-order valence-corrected chi connectivity index (χ0v) is 17.6. The molecule has 0 N–H and O–H groups in total. The minimum absolute atomic E-state index is 0.101. The SMILES string of the molecule is O=C(CCSCc1ccccn1)N(Cc1cccs1)c1ccc2c(c1)OCCO2. The van der Waals surface area contributed by atoms with Gasteiger partial charge in [0, 0.05) is 40.8 Å². The Labute approximate surface area is 178 Å². The van der Waals surface area contributed by atoms with E-state index in [1.807, 2.05) is 52.7 Å². The number of hydrogen-bond donors (Lipinski definition) is 0. The van der Waals surface area contributed by atoms with Gasteiger partial charge in [-0.1, -0.05) is 12.1 Å². The summed E-state index contributed by atoms with van der Waals surface area (Å²) in [5, 5.41) is 2.03. The Morgan fingerprint density at radius 3 is 2.79 bits per heavy atom. The first-order valence-electron chi connectivity index (χ1n) is 9.49. The number of aromatic nitrogens is 1. The Morgan fingerprint density at radius 2 is 2.00 bits per heavy atom. The van der Waals surface area contributed by atoms with E-state index in [1.54, 1.807) is 29.3 Å². The van der Waals surface area contributed by atoms with E-state index >= 15 is 0 Å². The molecule has 4 rings (SSSR count). The number of hydrogen-bond acceptors (Lipinski definition) is 6. The van der Waals surface area contributed by atoms with Crippen LogP contribution in [0.2, 0.25) is 0 Å². The molecule has 2 aromatic heterocycles. The highest BCUT2D eigenvalue weighted by molar-refractivity contribution is 7.98. The fourth-order valence-corrected chi connectivity index (χ4v) is 4.57. The Kier molecular flexibility index (Phi) is 6.69. The molecule has 1 aliphatic rings. The number of nitrogens with zero attached hydrogens (tertiary/aromatic N) is 2. The third kappa shape index (κ3) is 5.31. The van der Waals surface area contributed by atoms with Gasteiger partial charge in [-0.2, -0.15) is 11.8 Å². The molecule has 29 heavy (non-hydrogen) atoms. The molecule has 7 heteroatoms. The number of rotatable bonds is 8.